The SMILES string of the molecule is O=C(NCc1ccco1)c1csc(-n2cccc2)n1. The lowest BCUT2D eigenvalue weighted by Crippen LogP contribution is -2.22. The van der Waals surface area contributed by atoms with Crippen LogP contribution in [0.4, 0.5) is 0 Å². The van der Waals surface area contributed by atoms with Gasteiger partial charge in [-0.05, 0) is 24.3 Å². The minimum atomic E-state index is -0.203. The van der Waals surface area contributed by atoms with Crippen LogP contribution >= 0.6 is 11.3 Å². The summed E-state index contributed by atoms with van der Waals surface area (Å²) in [5, 5.41) is 5.28. The normalized spacial score (nSPS) is 10.5. The number of nitrogens with one attached hydrogen (secondary N) is 1. The Balaban J connectivity index is 1.67. The van der Waals surface area contributed by atoms with Gasteiger partial charge in [0.1, 0.15) is 11.5 Å². The molecule has 0 saturated heterocycles. The van der Waals surface area contributed by atoms with Crippen molar-refractivity contribution in [3.05, 3.63) is 59.8 Å². The van der Waals surface area contributed by atoms with Crippen molar-refractivity contribution in [2.24, 2.45) is 0 Å². The van der Waals surface area contributed by atoms with Crippen molar-refractivity contribution in [1.82, 2.24) is 14.9 Å². The van der Waals surface area contributed by atoms with Crippen molar-refractivity contribution >= 4 is 17.2 Å². The van der Waals surface area contributed by atoms with Crippen molar-refractivity contribution in [1.29, 1.82) is 0 Å². The van der Waals surface area contributed by atoms with E-state index < -0.39 is 0 Å². The highest BCUT2D eigenvalue weighted by atomic mass is 32.1. The van der Waals surface area contributed by atoms with E-state index in [0.717, 1.165) is 5.13 Å². The molecule has 0 fully saturated rings. The molecule has 0 radical (unpaired) electrons. The summed E-state index contributed by atoms with van der Waals surface area (Å²) in [7, 11) is 0. The largest absolute Gasteiger partial charge is 0.467 e. The molecule has 0 atom stereocenters. The molecule has 19 heavy (non-hydrogen) atoms. The fraction of sp³-hybridized carbons (Fsp3) is 0.0769. The lowest BCUT2D eigenvalue weighted by molar-refractivity contribution is 0.0943. The maximum atomic E-state index is 11.9. The number of hydrogen-bond acceptors (Lipinski definition) is 4. The highest BCUT2D eigenvalue weighted by Crippen LogP contribution is 2.15. The van der Waals surface area contributed by atoms with Crippen LogP contribution in [0, 0.1) is 0 Å². The number of carbonyl (C=O) groups is 1. The van der Waals surface area contributed by atoms with Crippen LogP contribution < -0.4 is 5.32 Å². The van der Waals surface area contributed by atoms with Gasteiger partial charge in [-0.15, -0.1) is 11.3 Å². The maximum Gasteiger partial charge on any atom is 0.271 e. The average Bonchev–Trinajstić information content (AvgIpc) is 3.14. The summed E-state index contributed by atoms with van der Waals surface area (Å²) >= 11 is 1.43. The van der Waals surface area contributed by atoms with Gasteiger partial charge in [-0.1, -0.05) is 0 Å². The predicted molar refractivity (Wildman–Crippen MR) is 71.3 cm³/mol. The standard InChI is InChI=1S/C13H11N3O2S/c17-12(14-8-10-4-3-7-18-10)11-9-19-13(15-11)16-5-1-2-6-16/h1-7,9H,8H2,(H,14,17). The molecule has 3 rings (SSSR count). The molecule has 5 nitrogen and oxygen atoms in total. The van der Waals surface area contributed by atoms with Gasteiger partial charge in [0.2, 0.25) is 0 Å². The van der Waals surface area contributed by atoms with Gasteiger partial charge in [0.05, 0.1) is 12.8 Å². The molecular weight excluding hydrogens is 262 g/mol. The molecule has 0 aliphatic heterocycles. The Bertz CT molecular complexity index is 656. The summed E-state index contributed by atoms with van der Waals surface area (Å²) in [6.45, 7) is 0.363. The molecule has 1 N–H and O–H groups in total. The van der Waals surface area contributed by atoms with E-state index in [0.29, 0.717) is 18.0 Å². The van der Waals surface area contributed by atoms with Crippen LogP contribution in [-0.4, -0.2) is 15.5 Å². The molecule has 3 aromatic heterocycles. The molecule has 0 spiro atoms. The van der Waals surface area contributed by atoms with Gasteiger partial charge < -0.3 is 14.3 Å². The third kappa shape index (κ3) is 2.58. The van der Waals surface area contributed by atoms with Crippen LogP contribution in [0.5, 0.6) is 0 Å². The second-order valence-electron chi connectivity index (χ2n) is 3.87. The Morgan fingerprint density at radius 2 is 2.21 bits per heavy atom. The first-order chi connectivity index (χ1) is 9.33. The smallest absolute Gasteiger partial charge is 0.271 e. The number of nitrogens with zero attached hydrogens (tertiary/aromatic N) is 2. The summed E-state index contributed by atoms with van der Waals surface area (Å²) < 4.78 is 7.02. The highest BCUT2D eigenvalue weighted by Gasteiger charge is 2.11. The zero-order valence-corrected chi connectivity index (χ0v) is 10.8. The van der Waals surface area contributed by atoms with Gasteiger partial charge in [0, 0.05) is 17.8 Å². The minimum Gasteiger partial charge on any atom is -0.467 e. The second kappa shape index (κ2) is 5.11. The molecular formula is C13H11N3O2S. The molecule has 0 aromatic carbocycles. The molecule has 0 aliphatic rings. The summed E-state index contributed by atoms with van der Waals surface area (Å²) in [5.74, 6) is 0.514. The summed E-state index contributed by atoms with van der Waals surface area (Å²) in [6.07, 6.45) is 5.36. The van der Waals surface area contributed by atoms with E-state index >= 15 is 0 Å². The number of hydrogen-bond donors (Lipinski definition) is 1. The quantitative estimate of drug-likeness (QED) is 0.794. The van der Waals surface area contributed by atoms with Gasteiger partial charge in [-0.2, -0.15) is 0 Å². The number of furan rings is 1. The average molecular weight is 273 g/mol. The van der Waals surface area contributed by atoms with Gasteiger partial charge in [0.25, 0.3) is 5.91 Å². The third-order valence-corrected chi connectivity index (χ3v) is 3.41. The Morgan fingerprint density at radius 3 is 2.95 bits per heavy atom. The van der Waals surface area contributed by atoms with E-state index in [-0.39, 0.29) is 5.91 Å². The topological polar surface area (TPSA) is 60.1 Å². The van der Waals surface area contributed by atoms with E-state index in [1.54, 1.807) is 17.7 Å². The van der Waals surface area contributed by atoms with Gasteiger partial charge in [0.15, 0.2) is 5.13 Å². The fourth-order valence-electron chi connectivity index (χ4n) is 1.62. The zero-order chi connectivity index (χ0) is 13.1. The lowest BCUT2D eigenvalue weighted by atomic mass is 10.4. The number of aromatic nitrogens is 2. The van der Waals surface area contributed by atoms with E-state index in [1.165, 1.54) is 11.3 Å². The van der Waals surface area contributed by atoms with Crippen molar-refractivity contribution in [3.63, 3.8) is 0 Å². The van der Waals surface area contributed by atoms with Crippen molar-refractivity contribution in [2.75, 3.05) is 0 Å². The van der Waals surface area contributed by atoms with Gasteiger partial charge in [-0.25, -0.2) is 4.98 Å². The predicted octanol–water partition coefficient (Wildman–Crippen LogP) is 2.46. The van der Waals surface area contributed by atoms with Crippen LogP contribution in [-0.2, 0) is 6.54 Å². The number of carbonyl (C=O) groups excluding carboxylic acids is 1. The summed E-state index contributed by atoms with van der Waals surface area (Å²) in [6, 6.07) is 7.43. The fourth-order valence-corrected chi connectivity index (χ4v) is 2.39. The van der Waals surface area contributed by atoms with E-state index in [4.69, 9.17) is 4.42 Å². The zero-order valence-electron chi connectivity index (χ0n) is 9.95. The van der Waals surface area contributed by atoms with Crippen LogP contribution in [0.25, 0.3) is 5.13 Å². The molecule has 0 saturated carbocycles. The molecule has 0 aliphatic carbocycles. The first-order valence-corrected chi connectivity index (χ1v) is 6.60. The first-order valence-electron chi connectivity index (χ1n) is 5.72. The van der Waals surface area contributed by atoms with E-state index in [2.05, 4.69) is 10.3 Å². The summed E-state index contributed by atoms with van der Waals surface area (Å²) in [5.41, 5.74) is 0.417. The molecule has 3 aromatic rings. The molecule has 1 amide bonds. The number of rotatable bonds is 4. The van der Waals surface area contributed by atoms with Crippen LogP contribution in [0.1, 0.15) is 16.2 Å². The van der Waals surface area contributed by atoms with Gasteiger partial charge in [-0.3, -0.25) is 4.79 Å². The summed E-state index contributed by atoms with van der Waals surface area (Å²) in [4.78, 5) is 16.2. The molecule has 3 heterocycles. The van der Waals surface area contributed by atoms with Crippen molar-refractivity contribution in [3.8, 4) is 5.13 Å². The van der Waals surface area contributed by atoms with E-state index in [1.807, 2.05) is 35.2 Å². The molecule has 0 unspecified atom stereocenters. The van der Waals surface area contributed by atoms with Crippen LogP contribution in [0.3, 0.4) is 0 Å². The second-order valence-corrected chi connectivity index (χ2v) is 4.70. The lowest BCUT2D eigenvalue weighted by Gasteiger charge is -2.00. The maximum absolute atomic E-state index is 11.9. The van der Waals surface area contributed by atoms with Crippen LogP contribution in [0.15, 0.2) is 52.7 Å². The Labute approximate surface area is 113 Å². The van der Waals surface area contributed by atoms with Crippen LogP contribution in [0.2, 0.25) is 0 Å². The number of thiazole rings is 1. The third-order valence-electron chi connectivity index (χ3n) is 2.55. The number of amides is 1. The molecule has 96 valence electrons. The minimum absolute atomic E-state index is 0.203. The van der Waals surface area contributed by atoms with E-state index in [9.17, 15) is 4.79 Å². The highest BCUT2D eigenvalue weighted by molar-refractivity contribution is 7.12. The molecule has 6 heteroatoms. The van der Waals surface area contributed by atoms with Crippen molar-refractivity contribution in [2.45, 2.75) is 6.54 Å². The first kappa shape index (κ1) is 11.7. The Kier molecular flexibility index (Phi) is 3.16. The Hall–Kier alpha value is -2.34. The monoisotopic (exact) mass is 273 g/mol. The molecule has 0 bridgehead atoms. The Morgan fingerprint density at radius 1 is 1.37 bits per heavy atom. The van der Waals surface area contributed by atoms with Crippen molar-refractivity contribution < 1.29 is 9.21 Å². The van der Waals surface area contributed by atoms with Gasteiger partial charge >= 0.3 is 0 Å².